The van der Waals surface area contributed by atoms with E-state index in [9.17, 15) is 0 Å². The summed E-state index contributed by atoms with van der Waals surface area (Å²) >= 11 is 3.43. The highest BCUT2D eigenvalue weighted by molar-refractivity contribution is 7.16. The van der Waals surface area contributed by atoms with Crippen molar-refractivity contribution in [3.63, 3.8) is 0 Å². The molecule has 6 heteroatoms. The molecule has 110 valence electrons. The maximum atomic E-state index is 4.71. The fraction of sp³-hybridized carbons (Fsp3) is 0.333. The van der Waals surface area contributed by atoms with Crippen LogP contribution in [0.1, 0.15) is 24.8 Å². The minimum atomic E-state index is 0.289. The van der Waals surface area contributed by atoms with Gasteiger partial charge in [0.05, 0.1) is 11.4 Å². The number of nitrogens with zero attached hydrogens (tertiary/aromatic N) is 3. The molecule has 0 aliphatic rings. The van der Waals surface area contributed by atoms with E-state index in [2.05, 4.69) is 65.1 Å². The van der Waals surface area contributed by atoms with E-state index in [1.165, 1.54) is 4.88 Å². The minimum absolute atomic E-state index is 0.289. The summed E-state index contributed by atoms with van der Waals surface area (Å²) in [6, 6.07) is 6.65. The number of thiophene rings is 2. The van der Waals surface area contributed by atoms with Crippen molar-refractivity contribution in [2.75, 3.05) is 23.8 Å². The molecule has 0 aromatic carbocycles. The summed E-state index contributed by atoms with van der Waals surface area (Å²) in [5.74, 6) is 1.69. The number of hydrogen-bond donors (Lipinski definition) is 1. The Balaban J connectivity index is 2.03. The number of fused-ring (bicyclic) bond motifs is 1. The first-order chi connectivity index (χ1) is 10.2. The van der Waals surface area contributed by atoms with E-state index < -0.39 is 0 Å². The van der Waals surface area contributed by atoms with Gasteiger partial charge in [-0.3, -0.25) is 0 Å². The third-order valence-electron chi connectivity index (χ3n) is 3.51. The largest absolute Gasteiger partial charge is 0.354 e. The van der Waals surface area contributed by atoms with Crippen LogP contribution < -0.4 is 10.2 Å². The Morgan fingerprint density at radius 3 is 2.81 bits per heavy atom. The van der Waals surface area contributed by atoms with Gasteiger partial charge in [-0.2, -0.15) is 4.98 Å². The number of anilines is 2. The van der Waals surface area contributed by atoms with Crippen LogP contribution in [0.3, 0.4) is 0 Å². The molecule has 3 rings (SSSR count). The zero-order chi connectivity index (χ0) is 14.8. The first-order valence-electron chi connectivity index (χ1n) is 6.96. The SMILES string of the molecule is CCNc1nc(N(C)C(C)c2cccs2)c2ccsc2n1. The third kappa shape index (κ3) is 2.73. The second-order valence-corrected chi connectivity index (χ2v) is 6.72. The lowest BCUT2D eigenvalue weighted by atomic mass is 10.2. The Labute approximate surface area is 132 Å². The molecule has 0 aliphatic heterocycles. The molecular weight excluding hydrogens is 300 g/mol. The molecule has 21 heavy (non-hydrogen) atoms. The van der Waals surface area contributed by atoms with Crippen LogP contribution in [0.25, 0.3) is 10.2 Å². The van der Waals surface area contributed by atoms with E-state index in [1.807, 2.05) is 0 Å². The number of hydrogen-bond acceptors (Lipinski definition) is 6. The van der Waals surface area contributed by atoms with Crippen molar-refractivity contribution < 1.29 is 0 Å². The molecule has 4 nitrogen and oxygen atoms in total. The smallest absolute Gasteiger partial charge is 0.226 e. The fourth-order valence-electron chi connectivity index (χ4n) is 2.25. The average molecular weight is 318 g/mol. The van der Waals surface area contributed by atoms with Gasteiger partial charge in [0.25, 0.3) is 0 Å². The van der Waals surface area contributed by atoms with Gasteiger partial charge in [-0.1, -0.05) is 6.07 Å². The van der Waals surface area contributed by atoms with Crippen molar-refractivity contribution in [3.05, 3.63) is 33.8 Å². The highest BCUT2D eigenvalue weighted by Gasteiger charge is 2.18. The Morgan fingerprint density at radius 2 is 2.10 bits per heavy atom. The van der Waals surface area contributed by atoms with Crippen LogP contribution in [0.15, 0.2) is 29.0 Å². The van der Waals surface area contributed by atoms with Crippen LogP contribution in [-0.4, -0.2) is 23.6 Å². The first-order valence-corrected chi connectivity index (χ1v) is 8.72. The van der Waals surface area contributed by atoms with Gasteiger partial charge in [-0.15, -0.1) is 22.7 Å². The zero-order valence-electron chi connectivity index (χ0n) is 12.3. The lowest BCUT2D eigenvalue weighted by Gasteiger charge is -2.26. The summed E-state index contributed by atoms with van der Waals surface area (Å²) in [7, 11) is 2.10. The highest BCUT2D eigenvalue weighted by atomic mass is 32.1. The normalized spacial score (nSPS) is 12.5. The van der Waals surface area contributed by atoms with Crippen LogP contribution >= 0.6 is 22.7 Å². The molecule has 0 fully saturated rings. The Hall–Kier alpha value is -1.66. The molecule has 1 unspecified atom stereocenters. The predicted octanol–water partition coefficient (Wildman–Crippen LogP) is 4.38. The van der Waals surface area contributed by atoms with Crippen molar-refractivity contribution in [2.45, 2.75) is 19.9 Å². The van der Waals surface area contributed by atoms with Crippen molar-refractivity contribution in [1.82, 2.24) is 9.97 Å². The quantitative estimate of drug-likeness (QED) is 0.758. The van der Waals surface area contributed by atoms with E-state index in [1.54, 1.807) is 22.7 Å². The fourth-order valence-corrected chi connectivity index (χ4v) is 3.83. The molecule has 0 aliphatic carbocycles. The van der Waals surface area contributed by atoms with Crippen LogP contribution in [0.2, 0.25) is 0 Å². The van der Waals surface area contributed by atoms with E-state index in [0.717, 1.165) is 22.6 Å². The van der Waals surface area contributed by atoms with Gasteiger partial charge in [0.2, 0.25) is 5.95 Å². The first kappa shape index (κ1) is 14.3. The second kappa shape index (κ2) is 5.99. The Morgan fingerprint density at radius 1 is 1.24 bits per heavy atom. The van der Waals surface area contributed by atoms with Crippen molar-refractivity contribution in [1.29, 1.82) is 0 Å². The second-order valence-electron chi connectivity index (χ2n) is 4.84. The summed E-state index contributed by atoms with van der Waals surface area (Å²) in [4.78, 5) is 13.9. The molecule has 3 aromatic heterocycles. The average Bonchev–Trinajstić information content (AvgIpc) is 3.16. The lowest BCUT2D eigenvalue weighted by Crippen LogP contribution is -2.22. The predicted molar refractivity (Wildman–Crippen MR) is 92.7 cm³/mol. The topological polar surface area (TPSA) is 41.1 Å². The molecule has 3 heterocycles. The zero-order valence-corrected chi connectivity index (χ0v) is 14.0. The molecule has 0 saturated carbocycles. The number of rotatable bonds is 5. The van der Waals surface area contributed by atoms with E-state index in [-0.39, 0.29) is 6.04 Å². The van der Waals surface area contributed by atoms with Gasteiger partial charge < -0.3 is 10.2 Å². The molecule has 1 N–H and O–H groups in total. The van der Waals surface area contributed by atoms with Gasteiger partial charge in [0, 0.05) is 18.5 Å². The number of aromatic nitrogens is 2. The summed E-state index contributed by atoms with van der Waals surface area (Å²) in [6.07, 6.45) is 0. The summed E-state index contributed by atoms with van der Waals surface area (Å²) in [6.45, 7) is 5.08. The monoisotopic (exact) mass is 318 g/mol. The van der Waals surface area contributed by atoms with Gasteiger partial charge in [-0.25, -0.2) is 4.98 Å². The lowest BCUT2D eigenvalue weighted by molar-refractivity contribution is 0.745. The molecular formula is C15H18N4S2. The van der Waals surface area contributed by atoms with Crippen molar-refractivity contribution in [2.24, 2.45) is 0 Å². The Bertz CT molecular complexity index is 720. The maximum absolute atomic E-state index is 4.71. The summed E-state index contributed by atoms with van der Waals surface area (Å²) in [5.41, 5.74) is 0. The van der Waals surface area contributed by atoms with Crippen LogP contribution in [0.4, 0.5) is 11.8 Å². The summed E-state index contributed by atoms with van der Waals surface area (Å²) < 4.78 is 0. The summed E-state index contributed by atoms with van der Waals surface area (Å²) in [5, 5.41) is 8.52. The Kier molecular flexibility index (Phi) is 4.07. The molecule has 0 bridgehead atoms. The van der Waals surface area contributed by atoms with E-state index in [0.29, 0.717) is 5.95 Å². The van der Waals surface area contributed by atoms with Crippen molar-refractivity contribution in [3.8, 4) is 0 Å². The third-order valence-corrected chi connectivity index (χ3v) is 5.36. The van der Waals surface area contributed by atoms with Crippen LogP contribution in [-0.2, 0) is 0 Å². The van der Waals surface area contributed by atoms with Crippen LogP contribution in [0, 0.1) is 0 Å². The van der Waals surface area contributed by atoms with Gasteiger partial charge in [-0.05, 0) is 36.7 Å². The molecule has 1 atom stereocenters. The molecule has 3 aromatic rings. The molecule has 0 amide bonds. The van der Waals surface area contributed by atoms with Gasteiger partial charge in [0.15, 0.2) is 0 Å². The maximum Gasteiger partial charge on any atom is 0.226 e. The molecule has 0 spiro atoms. The molecule has 0 radical (unpaired) electrons. The van der Waals surface area contributed by atoms with Gasteiger partial charge >= 0.3 is 0 Å². The minimum Gasteiger partial charge on any atom is -0.354 e. The highest BCUT2D eigenvalue weighted by Crippen LogP contribution is 2.33. The number of nitrogens with one attached hydrogen (secondary N) is 1. The van der Waals surface area contributed by atoms with Crippen molar-refractivity contribution >= 4 is 44.7 Å². The molecule has 0 saturated heterocycles. The van der Waals surface area contributed by atoms with Crippen LogP contribution in [0.5, 0.6) is 0 Å². The van der Waals surface area contributed by atoms with Gasteiger partial charge in [0.1, 0.15) is 10.6 Å². The van der Waals surface area contributed by atoms with E-state index >= 15 is 0 Å². The standard InChI is InChI=1S/C15H18N4S2/c1-4-16-15-17-13(11-7-9-21-14(11)18-15)19(3)10(2)12-6-5-8-20-12/h5-10H,4H2,1-3H3,(H,16,17,18). The van der Waals surface area contributed by atoms with E-state index in [4.69, 9.17) is 4.98 Å².